The van der Waals surface area contributed by atoms with Gasteiger partial charge in [-0.2, -0.15) is 0 Å². The number of likely N-dealkylation sites (N-methyl/N-ethyl adjacent to an activating group) is 1. The van der Waals surface area contributed by atoms with Crippen LogP contribution in [0.15, 0.2) is 12.1 Å². The highest BCUT2D eigenvalue weighted by Crippen LogP contribution is 2.26. The molecule has 3 unspecified atom stereocenters. The maximum atomic E-state index is 5.73. The Morgan fingerprint density at radius 2 is 1.89 bits per heavy atom. The average molecular weight is 261 g/mol. The molecule has 1 saturated heterocycles. The molecule has 0 radical (unpaired) electrons. The number of hydrogen-bond donors (Lipinski definition) is 1. The molecule has 0 aliphatic carbocycles. The molecule has 0 amide bonds. The van der Waals surface area contributed by atoms with Crippen LogP contribution in [0.2, 0.25) is 0 Å². The maximum Gasteiger partial charge on any atom is 0.0551 e. The molecule has 0 saturated carbocycles. The summed E-state index contributed by atoms with van der Waals surface area (Å²) in [6.07, 6.45) is 2.70. The maximum absolute atomic E-state index is 5.73. The SMILES string of the molecule is CNC(Cc1c(C)cc(C)cc1C)C1COC(C)C1. The lowest BCUT2D eigenvalue weighted by Gasteiger charge is -2.24. The Kier molecular flexibility index (Phi) is 4.64. The number of rotatable bonds is 4. The first-order chi connectivity index (χ1) is 9.01. The van der Waals surface area contributed by atoms with Gasteiger partial charge >= 0.3 is 0 Å². The molecule has 0 spiro atoms. The minimum Gasteiger partial charge on any atom is -0.378 e. The minimum atomic E-state index is 0.418. The highest BCUT2D eigenvalue weighted by molar-refractivity contribution is 5.38. The van der Waals surface area contributed by atoms with Crippen molar-refractivity contribution in [3.63, 3.8) is 0 Å². The molecule has 19 heavy (non-hydrogen) atoms. The average Bonchev–Trinajstić information content (AvgIpc) is 2.75. The summed E-state index contributed by atoms with van der Waals surface area (Å²) in [5, 5.41) is 3.50. The molecule has 3 atom stereocenters. The quantitative estimate of drug-likeness (QED) is 0.899. The van der Waals surface area contributed by atoms with Crippen molar-refractivity contribution in [2.24, 2.45) is 5.92 Å². The molecular formula is C17H27NO. The molecule has 1 aromatic carbocycles. The number of hydrogen-bond acceptors (Lipinski definition) is 2. The molecule has 1 N–H and O–H groups in total. The summed E-state index contributed by atoms with van der Waals surface area (Å²) >= 11 is 0. The van der Waals surface area contributed by atoms with Gasteiger partial charge in [-0.05, 0) is 64.3 Å². The number of nitrogens with one attached hydrogen (secondary N) is 1. The van der Waals surface area contributed by atoms with E-state index in [9.17, 15) is 0 Å². The van der Waals surface area contributed by atoms with Gasteiger partial charge in [-0.1, -0.05) is 17.7 Å². The zero-order chi connectivity index (χ0) is 14.0. The van der Waals surface area contributed by atoms with Gasteiger partial charge in [-0.3, -0.25) is 0 Å². The molecule has 106 valence electrons. The summed E-state index contributed by atoms with van der Waals surface area (Å²) in [4.78, 5) is 0. The Bertz CT molecular complexity index is 418. The zero-order valence-corrected chi connectivity index (χ0v) is 12.9. The van der Waals surface area contributed by atoms with Crippen molar-refractivity contribution in [3.05, 3.63) is 34.4 Å². The molecule has 1 aliphatic rings. The second-order valence-electron chi connectivity index (χ2n) is 6.12. The van der Waals surface area contributed by atoms with Crippen molar-refractivity contribution < 1.29 is 4.74 Å². The van der Waals surface area contributed by atoms with E-state index in [-0.39, 0.29) is 0 Å². The third-order valence-corrected chi connectivity index (χ3v) is 4.43. The van der Waals surface area contributed by atoms with Crippen LogP contribution in [0.4, 0.5) is 0 Å². The fraction of sp³-hybridized carbons (Fsp3) is 0.647. The van der Waals surface area contributed by atoms with Crippen LogP contribution >= 0.6 is 0 Å². The summed E-state index contributed by atoms with van der Waals surface area (Å²) in [7, 11) is 2.08. The van der Waals surface area contributed by atoms with Gasteiger partial charge in [0.05, 0.1) is 12.7 Å². The van der Waals surface area contributed by atoms with Crippen LogP contribution < -0.4 is 5.32 Å². The van der Waals surface area contributed by atoms with Gasteiger partial charge in [0.15, 0.2) is 0 Å². The van der Waals surface area contributed by atoms with E-state index >= 15 is 0 Å². The fourth-order valence-electron chi connectivity index (χ4n) is 3.39. The van der Waals surface area contributed by atoms with Crippen LogP contribution in [-0.2, 0) is 11.2 Å². The van der Waals surface area contributed by atoms with E-state index in [1.54, 1.807) is 0 Å². The number of aryl methyl sites for hydroxylation is 3. The monoisotopic (exact) mass is 261 g/mol. The lowest BCUT2D eigenvalue weighted by molar-refractivity contribution is 0.117. The van der Waals surface area contributed by atoms with E-state index in [2.05, 4.69) is 52.2 Å². The van der Waals surface area contributed by atoms with Crippen LogP contribution in [0.25, 0.3) is 0 Å². The third-order valence-electron chi connectivity index (χ3n) is 4.43. The molecule has 0 aromatic heterocycles. The smallest absolute Gasteiger partial charge is 0.0551 e. The van der Waals surface area contributed by atoms with Crippen molar-refractivity contribution in [1.82, 2.24) is 5.32 Å². The van der Waals surface area contributed by atoms with Gasteiger partial charge in [0.1, 0.15) is 0 Å². The molecule has 1 aromatic rings. The predicted octanol–water partition coefficient (Wildman–Crippen LogP) is 3.17. The summed E-state index contributed by atoms with van der Waals surface area (Å²) in [5.74, 6) is 0.639. The Morgan fingerprint density at radius 1 is 1.26 bits per heavy atom. The number of ether oxygens (including phenoxy) is 1. The van der Waals surface area contributed by atoms with Gasteiger partial charge in [-0.15, -0.1) is 0 Å². The second kappa shape index (κ2) is 6.06. The van der Waals surface area contributed by atoms with Crippen LogP contribution in [-0.4, -0.2) is 25.8 Å². The lowest BCUT2D eigenvalue weighted by Crippen LogP contribution is -2.36. The normalized spacial score (nSPS) is 24.7. The van der Waals surface area contributed by atoms with E-state index in [1.165, 1.54) is 28.7 Å². The van der Waals surface area contributed by atoms with Crippen LogP contribution in [0.1, 0.15) is 35.6 Å². The molecule has 1 heterocycles. The lowest BCUT2D eigenvalue weighted by atomic mass is 9.88. The minimum absolute atomic E-state index is 0.418. The molecule has 2 nitrogen and oxygen atoms in total. The third kappa shape index (κ3) is 3.37. The van der Waals surface area contributed by atoms with Crippen molar-refractivity contribution in [3.8, 4) is 0 Å². The topological polar surface area (TPSA) is 21.3 Å². The Hall–Kier alpha value is -0.860. The van der Waals surface area contributed by atoms with E-state index < -0.39 is 0 Å². The van der Waals surface area contributed by atoms with Gasteiger partial charge in [0, 0.05) is 12.0 Å². The van der Waals surface area contributed by atoms with E-state index in [1.807, 2.05) is 0 Å². The summed E-state index contributed by atoms with van der Waals surface area (Å²) < 4.78 is 5.73. The molecule has 2 rings (SSSR count). The van der Waals surface area contributed by atoms with Crippen molar-refractivity contribution >= 4 is 0 Å². The predicted molar refractivity (Wildman–Crippen MR) is 80.7 cm³/mol. The van der Waals surface area contributed by atoms with Gasteiger partial charge in [-0.25, -0.2) is 0 Å². The molecule has 1 fully saturated rings. The molecular weight excluding hydrogens is 234 g/mol. The molecule has 0 bridgehead atoms. The van der Waals surface area contributed by atoms with Crippen molar-refractivity contribution in [2.45, 2.75) is 52.7 Å². The highest BCUT2D eigenvalue weighted by atomic mass is 16.5. The first-order valence-corrected chi connectivity index (χ1v) is 7.36. The Labute approximate surface area is 117 Å². The van der Waals surface area contributed by atoms with Crippen LogP contribution in [0.5, 0.6) is 0 Å². The Morgan fingerprint density at radius 3 is 2.37 bits per heavy atom. The highest BCUT2D eigenvalue weighted by Gasteiger charge is 2.29. The molecule has 1 aliphatic heterocycles. The van der Waals surface area contributed by atoms with E-state index in [4.69, 9.17) is 4.74 Å². The van der Waals surface area contributed by atoms with E-state index in [0.29, 0.717) is 18.1 Å². The summed E-state index contributed by atoms with van der Waals surface area (Å²) in [5.41, 5.74) is 5.71. The second-order valence-corrected chi connectivity index (χ2v) is 6.12. The summed E-state index contributed by atoms with van der Waals surface area (Å²) in [6.45, 7) is 9.71. The van der Waals surface area contributed by atoms with Gasteiger partial charge < -0.3 is 10.1 Å². The fourth-order valence-corrected chi connectivity index (χ4v) is 3.39. The van der Waals surface area contributed by atoms with E-state index in [0.717, 1.165) is 13.0 Å². The van der Waals surface area contributed by atoms with Crippen LogP contribution in [0.3, 0.4) is 0 Å². The van der Waals surface area contributed by atoms with Gasteiger partial charge in [0.2, 0.25) is 0 Å². The largest absolute Gasteiger partial charge is 0.378 e. The Balaban J connectivity index is 2.14. The number of benzene rings is 1. The van der Waals surface area contributed by atoms with Gasteiger partial charge in [0.25, 0.3) is 0 Å². The zero-order valence-electron chi connectivity index (χ0n) is 12.9. The first kappa shape index (κ1) is 14.5. The first-order valence-electron chi connectivity index (χ1n) is 7.36. The summed E-state index contributed by atoms with van der Waals surface area (Å²) in [6, 6.07) is 5.11. The molecule has 2 heteroatoms. The van der Waals surface area contributed by atoms with Crippen LogP contribution in [0, 0.1) is 26.7 Å². The standard InChI is InChI=1S/C17H27NO/c1-11-6-12(2)16(13(3)7-11)9-17(18-5)15-8-14(4)19-10-15/h6-7,14-15,17-18H,8-10H2,1-5H3. The van der Waals surface area contributed by atoms with Crippen molar-refractivity contribution in [2.75, 3.05) is 13.7 Å². The van der Waals surface area contributed by atoms with Crippen molar-refractivity contribution in [1.29, 1.82) is 0 Å².